The number of benzene rings is 1. The van der Waals surface area contributed by atoms with Crippen molar-refractivity contribution in [1.29, 1.82) is 0 Å². The Morgan fingerprint density at radius 1 is 1.11 bits per heavy atom. The molecule has 1 aromatic carbocycles. The smallest absolute Gasteiger partial charge is 0.349 e. The average molecular weight is 537 g/mol. The predicted molar refractivity (Wildman–Crippen MR) is 125 cm³/mol. The SMILES string of the molecule is C[C@@H]1C[C@H]2[C@@H]3C[C@H](F)C4=CC(=O)C=C[C@]4(C)[C@@]3(F)[C@H](O)C[C@]2(C)[C@]1(OC(=O)c1c(F)cccc1F)C(=O)O. The number of aliphatic carboxylic acids is 1. The fourth-order valence-corrected chi connectivity index (χ4v) is 8.13. The number of aliphatic hydroxyl groups excluding tert-OH is 1. The van der Waals surface area contributed by atoms with E-state index >= 15 is 8.78 Å². The van der Waals surface area contributed by atoms with Crippen LogP contribution in [0.4, 0.5) is 17.6 Å². The van der Waals surface area contributed by atoms with E-state index < -0.39 is 99.9 Å². The van der Waals surface area contributed by atoms with Crippen molar-refractivity contribution in [3.05, 3.63) is 59.2 Å². The van der Waals surface area contributed by atoms with E-state index in [1.54, 1.807) is 0 Å². The lowest BCUT2D eigenvalue weighted by molar-refractivity contribution is -0.229. The predicted octanol–water partition coefficient (Wildman–Crippen LogP) is 4.51. The molecule has 0 radical (unpaired) electrons. The highest BCUT2D eigenvalue weighted by molar-refractivity contribution is 6.01. The van der Waals surface area contributed by atoms with Crippen molar-refractivity contribution in [2.24, 2.45) is 28.6 Å². The normalized spacial score (nSPS) is 43.5. The maximum atomic E-state index is 17.3. The van der Waals surface area contributed by atoms with Crippen LogP contribution in [0.3, 0.4) is 0 Å². The number of halogens is 4. The van der Waals surface area contributed by atoms with E-state index in [-0.39, 0.29) is 12.0 Å². The molecule has 0 unspecified atom stereocenters. The number of carbonyl (C=O) groups excluding carboxylic acids is 2. The Balaban J connectivity index is 1.62. The Bertz CT molecular complexity index is 1290. The highest BCUT2D eigenvalue weighted by atomic mass is 19.2. The van der Waals surface area contributed by atoms with Gasteiger partial charge in [-0.3, -0.25) is 4.79 Å². The van der Waals surface area contributed by atoms with Gasteiger partial charge in [-0.05, 0) is 62.0 Å². The molecule has 0 heterocycles. The summed E-state index contributed by atoms with van der Waals surface area (Å²) in [6.07, 6.45) is -1.05. The minimum absolute atomic E-state index is 0.0105. The van der Waals surface area contributed by atoms with Gasteiger partial charge in [0.2, 0.25) is 5.60 Å². The lowest BCUT2D eigenvalue weighted by Crippen LogP contribution is -2.71. The fraction of sp³-hybridized carbons (Fsp3) is 0.536. The van der Waals surface area contributed by atoms with Crippen molar-refractivity contribution in [3.8, 4) is 0 Å². The van der Waals surface area contributed by atoms with Crippen LogP contribution in [0.25, 0.3) is 0 Å². The molecule has 4 aliphatic carbocycles. The van der Waals surface area contributed by atoms with Crippen LogP contribution in [0.15, 0.2) is 42.0 Å². The number of hydrogen-bond acceptors (Lipinski definition) is 5. The van der Waals surface area contributed by atoms with Crippen LogP contribution in [0, 0.1) is 40.2 Å². The van der Waals surface area contributed by atoms with Gasteiger partial charge in [0, 0.05) is 22.7 Å². The number of rotatable bonds is 3. The summed E-state index contributed by atoms with van der Waals surface area (Å²) in [5.74, 6) is -9.21. The summed E-state index contributed by atoms with van der Waals surface area (Å²) >= 11 is 0. The second-order valence-corrected chi connectivity index (χ2v) is 11.5. The second-order valence-electron chi connectivity index (χ2n) is 11.5. The van der Waals surface area contributed by atoms with Gasteiger partial charge in [0.15, 0.2) is 11.5 Å². The maximum absolute atomic E-state index is 17.3. The Labute approximate surface area is 216 Å². The van der Waals surface area contributed by atoms with Crippen molar-refractivity contribution >= 4 is 17.7 Å². The molecule has 0 bridgehead atoms. The molecule has 2 N–H and O–H groups in total. The molecule has 204 valence electrons. The molecule has 5 rings (SSSR count). The van der Waals surface area contributed by atoms with Crippen LogP contribution in [0.2, 0.25) is 0 Å². The van der Waals surface area contributed by atoms with Crippen molar-refractivity contribution in [2.45, 2.75) is 63.6 Å². The summed E-state index contributed by atoms with van der Waals surface area (Å²) in [6.45, 7) is 4.32. The molecule has 6 nitrogen and oxygen atoms in total. The molecule has 4 aliphatic rings. The van der Waals surface area contributed by atoms with Gasteiger partial charge in [-0.1, -0.05) is 26.0 Å². The van der Waals surface area contributed by atoms with Gasteiger partial charge in [-0.25, -0.2) is 27.2 Å². The first-order valence-electron chi connectivity index (χ1n) is 12.5. The van der Waals surface area contributed by atoms with Crippen molar-refractivity contribution < 1.29 is 46.9 Å². The van der Waals surface area contributed by atoms with Gasteiger partial charge in [0.25, 0.3) is 0 Å². The fourth-order valence-electron chi connectivity index (χ4n) is 8.13. The first-order valence-corrected chi connectivity index (χ1v) is 12.5. The first-order chi connectivity index (χ1) is 17.6. The number of ether oxygens (including phenoxy) is 1. The summed E-state index contributed by atoms with van der Waals surface area (Å²) in [4.78, 5) is 37.9. The summed E-state index contributed by atoms with van der Waals surface area (Å²) in [7, 11) is 0. The quantitative estimate of drug-likeness (QED) is 0.436. The minimum Gasteiger partial charge on any atom is -0.478 e. The van der Waals surface area contributed by atoms with E-state index in [1.807, 2.05) is 0 Å². The summed E-state index contributed by atoms with van der Waals surface area (Å²) in [5.41, 5.74) is -9.30. The number of hydrogen-bond donors (Lipinski definition) is 2. The molecule has 0 saturated heterocycles. The monoisotopic (exact) mass is 536 g/mol. The molecular weight excluding hydrogens is 508 g/mol. The van der Waals surface area contributed by atoms with Crippen LogP contribution < -0.4 is 0 Å². The summed E-state index contributed by atoms with van der Waals surface area (Å²) < 4.78 is 67.1. The number of allylic oxidation sites excluding steroid dienone is 4. The summed E-state index contributed by atoms with van der Waals surface area (Å²) in [5, 5.41) is 21.8. The highest BCUT2D eigenvalue weighted by Crippen LogP contribution is 2.71. The third-order valence-corrected chi connectivity index (χ3v) is 9.91. The molecule has 0 aliphatic heterocycles. The number of aliphatic hydroxyl groups is 1. The number of carboxylic acids is 1. The van der Waals surface area contributed by atoms with E-state index in [4.69, 9.17) is 4.74 Å². The van der Waals surface area contributed by atoms with Crippen molar-refractivity contribution in [3.63, 3.8) is 0 Å². The number of carboxylic acid groups (broad SMARTS) is 1. The lowest BCUT2D eigenvalue weighted by Gasteiger charge is -2.62. The van der Waals surface area contributed by atoms with E-state index in [9.17, 15) is 33.4 Å². The summed E-state index contributed by atoms with van der Waals surface area (Å²) in [6, 6.07) is 2.69. The molecule has 0 amide bonds. The van der Waals surface area contributed by atoms with Crippen LogP contribution in [0.5, 0.6) is 0 Å². The van der Waals surface area contributed by atoms with Gasteiger partial charge in [0.05, 0.1) is 6.10 Å². The largest absolute Gasteiger partial charge is 0.478 e. The van der Waals surface area contributed by atoms with E-state index in [0.29, 0.717) is 0 Å². The Kier molecular flexibility index (Phi) is 5.77. The van der Waals surface area contributed by atoms with Crippen LogP contribution in [-0.2, 0) is 14.3 Å². The maximum Gasteiger partial charge on any atom is 0.349 e. The second kappa shape index (κ2) is 8.24. The molecule has 10 heteroatoms. The van der Waals surface area contributed by atoms with Gasteiger partial charge in [0.1, 0.15) is 23.4 Å². The van der Waals surface area contributed by atoms with Crippen molar-refractivity contribution in [1.82, 2.24) is 0 Å². The minimum atomic E-state index is -2.46. The topological polar surface area (TPSA) is 101 Å². The zero-order valence-electron chi connectivity index (χ0n) is 21.0. The van der Waals surface area contributed by atoms with Crippen LogP contribution >= 0.6 is 0 Å². The molecule has 0 aromatic heterocycles. The van der Waals surface area contributed by atoms with E-state index in [2.05, 4.69) is 0 Å². The molecule has 0 spiro atoms. The van der Waals surface area contributed by atoms with Gasteiger partial charge < -0.3 is 14.9 Å². The number of esters is 1. The molecule has 3 fully saturated rings. The zero-order valence-corrected chi connectivity index (χ0v) is 21.0. The number of ketones is 1. The van der Waals surface area contributed by atoms with Crippen LogP contribution in [0.1, 0.15) is 50.4 Å². The van der Waals surface area contributed by atoms with E-state index in [0.717, 1.165) is 30.4 Å². The van der Waals surface area contributed by atoms with Gasteiger partial charge >= 0.3 is 11.9 Å². The Morgan fingerprint density at radius 2 is 1.74 bits per heavy atom. The molecule has 38 heavy (non-hydrogen) atoms. The molecule has 3 saturated carbocycles. The highest BCUT2D eigenvalue weighted by Gasteiger charge is 2.78. The van der Waals surface area contributed by atoms with Crippen LogP contribution in [-0.4, -0.2) is 51.5 Å². The first kappa shape index (κ1) is 26.6. The third kappa shape index (κ3) is 3.06. The van der Waals surface area contributed by atoms with Gasteiger partial charge in [-0.15, -0.1) is 0 Å². The molecule has 9 atom stereocenters. The number of fused-ring (bicyclic) bond motifs is 5. The average Bonchev–Trinajstić information content (AvgIpc) is 3.04. The lowest BCUT2D eigenvalue weighted by atomic mass is 9.44. The molecule has 1 aromatic rings. The zero-order chi connectivity index (χ0) is 28.0. The Morgan fingerprint density at radius 3 is 2.34 bits per heavy atom. The number of alkyl halides is 2. The number of carbonyl (C=O) groups is 3. The van der Waals surface area contributed by atoms with E-state index in [1.165, 1.54) is 26.8 Å². The van der Waals surface area contributed by atoms with Crippen molar-refractivity contribution in [2.75, 3.05) is 0 Å². The molecular formula is C28H28F4O6. The third-order valence-electron chi connectivity index (χ3n) is 9.91. The Hall–Kier alpha value is -3.01. The standard InChI is InChI=1S/C28H28F4O6/c1-13-9-15-16-11-20(31)17-10-14(33)7-8-25(17,2)27(16,32)21(34)12-26(15,3)28(13,24(36)37)38-23(35)22-18(29)5-4-6-19(22)30/h4-8,10,13,15-16,20-21,34H,9,11-12H2,1-3H3,(H,36,37)/t13-,15+,16+,20+,21-,25+,26+,27+,28-/m1/s1. The van der Waals surface area contributed by atoms with Gasteiger partial charge in [-0.2, -0.15) is 0 Å².